The van der Waals surface area contributed by atoms with Crippen LogP contribution in [0.15, 0.2) is 24.2 Å². The highest BCUT2D eigenvalue weighted by molar-refractivity contribution is 7.13. The molecule has 0 saturated carbocycles. The van der Waals surface area contributed by atoms with E-state index in [1.807, 2.05) is 17.7 Å². The summed E-state index contributed by atoms with van der Waals surface area (Å²) in [6.45, 7) is 5.85. The fourth-order valence-corrected chi connectivity index (χ4v) is 1.59. The molecule has 0 bridgehead atoms. The molecule has 1 heterocycles. The molecular formula is C9H14N2S. The number of nitrogens with zero attached hydrogens (tertiary/aromatic N) is 1. The SMILES string of the molecule is C=CCCC(C)Nc1nccs1. The van der Waals surface area contributed by atoms with Crippen LogP contribution in [-0.2, 0) is 0 Å². The second-order valence-electron chi connectivity index (χ2n) is 2.75. The highest BCUT2D eigenvalue weighted by Crippen LogP contribution is 2.13. The van der Waals surface area contributed by atoms with Crippen molar-refractivity contribution in [1.29, 1.82) is 0 Å². The minimum Gasteiger partial charge on any atom is -0.359 e. The van der Waals surface area contributed by atoms with Crippen LogP contribution in [0.3, 0.4) is 0 Å². The monoisotopic (exact) mass is 182 g/mol. The number of anilines is 1. The van der Waals surface area contributed by atoms with Crippen molar-refractivity contribution in [3.63, 3.8) is 0 Å². The molecule has 2 nitrogen and oxygen atoms in total. The van der Waals surface area contributed by atoms with E-state index in [0.717, 1.165) is 18.0 Å². The van der Waals surface area contributed by atoms with Gasteiger partial charge in [0.1, 0.15) is 0 Å². The maximum absolute atomic E-state index is 4.15. The lowest BCUT2D eigenvalue weighted by molar-refractivity contribution is 0.718. The van der Waals surface area contributed by atoms with Gasteiger partial charge in [0.2, 0.25) is 0 Å². The van der Waals surface area contributed by atoms with Crippen LogP contribution in [0.5, 0.6) is 0 Å². The molecule has 0 saturated heterocycles. The number of hydrogen-bond acceptors (Lipinski definition) is 3. The quantitative estimate of drug-likeness (QED) is 0.708. The second-order valence-corrected chi connectivity index (χ2v) is 3.64. The number of aromatic nitrogens is 1. The Hall–Kier alpha value is -0.830. The molecular weight excluding hydrogens is 168 g/mol. The van der Waals surface area contributed by atoms with Crippen molar-refractivity contribution in [3.8, 4) is 0 Å². The summed E-state index contributed by atoms with van der Waals surface area (Å²) in [5.74, 6) is 0. The third kappa shape index (κ3) is 3.05. The van der Waals surface area contributed by atoms with Gasteiger partial charge in [-0.25, -0.2) is 4.98 Å². The summed E-state index contributed by atoms with van der Waals surface area (Å²) in [4.78, 5) is 4.15. The Morgan fingerprint density at radius 1 is 1.83 bits per heavy atom. The Labute approximate surface area is 77.3 Å². The van der Waals surface area contributed by atoms with Crippen molar-refractivity contribution in [2.24, 2.45) is 0 Å². The van der Waals surface area contributed by atoms with E-state index in [1.54, 1.807) is 11.3 Å². The van der Waals surface area contributed by atoms with Gasteiger partial charge in [-0.05, 0) is 19.8 Å². The molecule has 66 valence electrons. The van der Waals surface area contributed by atoms with Crippen LogP contribution >= 0.6 is 11.3 Å². The number of rotatable bonds is 5. The predicted molar refractivity (Wildman–Crippen MR) is 54.6 cm³/mol. The first kappa shape index (κ1) is 9.26. The van der Waals surface area contributed by atoms with E-state index in [-0.39, 0.29) is 0 Å². The molecule has 3 heteroatoms. The van der Waals surface area contributed by atoms with Gasteiger partial charge in [0, 0.05) is 17.6 Å². The Kier molecular flexibility index (Phi) is 3.80. The summed E-state index contributed by atoms with van der Waals surface area (Å²) >= 11 is 1.64. The Bertz CT molecular complexity index is 218. The van der Waals surface area contributed by atoms with Crippen LogP contribution in [-0.4, -0.2) is 11.0 Å². The average molecular weight is 182 g/mol. The molecule has 1 rings (SSSR count). The highest BCUT2D eigenvalue weighted by atomic mass is 32.1. The minimum absolute atomic E-state index is 0.481. The Balaban J connectivity index is 2.26. The van der Waals surface area contributed by atoms with E-state index in [9.17, 15) is 0 Å². The fourth-order valence-electron chi connectivity index (χ4n) is 0.946. The zero-order valence-corrected chi connectivity index (χ0v) is 8.10. The highest BCUT2D eigenvalue weighted by Gasteiger charge is 2.01. The van der Waals surface area contributed by atoms with Crippen molar-refractivity contribution in [3.05, 3.63) is 24.2 Å². The lowest BCUT2D eigenvalue weighted by Gasteiger charge is -2.10. The van der Waals surface area contributed by atoms with Gasteiger partial charge in [-0.2, -0.15) is 0 Å². The largest absolute Gasteiger partial charge is 0.359 e. The first-order valence-electron chi connectivity index (χ1n) is 4.10. The van der Waals surface area contributed by atoms with Crippen LogP contribution in [0.2, 0.25) is 0 Å². The van der Waals surface area contributed by atoms with E-state index in [0.29, 0.717) is 6.04 Å². The van der Waals surface area contributed by atoms with Crippen LogP contribution in [0.1, 0.15) is 19.8 Å². The van der Waals surface area contributed by atoms with Gasteiger partial charge in [-0.1, -0.05) is 6.08 Å². The molecule has 0 fully saturated rings. The second kappa shape index (κ2) is 4.93. The molecule has 1 atom stereocenters. The number of allylic oxidation sites excluding steroid dienone is 1. The van der Waals surface area contributed by atoms with E-state index in [4.69, 9.17) is 0 Å². The van der Waals surface area contributed by atoms with Crippen molar-refractivity contribution >= 4 is 16.5 Å². The number of nitrogens with one attached hydrogen (secondary N) is 1. The van der Waals surface area contributed by atoms with E-state index >= 15 is 0 Å². The molecule has 0 aliphatic heterocycles. The van der Waals surface area contributed by atoms with Crippen molar-refractivity contribution in [2.75, 3.05) is 5.32 Å². The van der Waals surface area contributed by atoms with Gasteiger partial charge in [-0.15, -0.1) is 17.9 Å². The molecule has 1 aromatic rings. The molecule has 0 aliphatic rings. The standard InChI is InChI=1S/C9H14N2S/c1-3-4-5-8(2)11-9-10-6-7-12-9/h3,6-8H,1,4-5H2,2H3,(H,10,11). The van der Waals surface area contributed by atoms with E-state index in [1.165, 1.54) is 0 Å². The van der Waals surface area contributed by atoms with Crippen LogP contribution in [0.4, 0.5) is 5.13 Å². The van der Waals surface area contributed by atoms with Gasteiger partial charge in [0.25, 0.3) is 0 Å². The fraction of sp³-hybridized carbons (Fsp3) is 0.444. The molecule has 0 radical (unpaired) electrons. The first-order valence-corrected chi connectivity index (χ1v) is 4.98. The molecule has 0 aromatic carbocycles. The van der Waals surface area contributed by atoms with E-state index < -0.39 is 0 Å². The summed E-state index contributed by atoms with van der Waals surface area (Å²) in [6.07, 6.45) is 5.93. The van der Waals surface area contributed by atoms with Gasteiger partial charge in [0.05, 0.1) is 0 Å². The molecule has 1 aromatic heterocycles. The normalized spacial score (nSPS) is 12.4. The van der Waals surface area contributed by atoms with Crippen molar-refractivity contribution in [2.45, 2.75) is 25.8 Å². The number of hydrogen-bond donors (Lipinski definition) is 1. The van der Waals surface area contributed by atoms with E-state index in [2.05, 4.69) is 23.8 Å². The molecule has 0 aliphatic carbocycles. The molecule has 0 amide bonds. The minimum atomic E-state index is 0.481. The zero-order chi connectivity index (χ0) is 8.81. The average Bonchev–Trinajstić information content (AvgIpc) is 2.53. The molecule has 1 unspecified atom stereocenters. The van der Waals surface area contributed by atoms with Crippen LogP contribution in [0.25, 0.3) is 0 Å². The van der Waals surface area contributed by atoms with Gasteiger partial charge >= 0.3 is 0 Å². The topological polar surface area (TPSA) is 24.9 Å². The summed E-state index contributed by atoms with van der Waals surface area (Å²) in [7, 11) is 0. The summed E-state index contributed by atoms with van der Waals surface area (Å²) in [5, 5.41) is 6.30. The zero-order valence-electron chi connectivity index (χ0n) is 7.29. The smallest absolute Gasteiger partial charge is 0.182 e. The Morgan fingerprint density at radius 3 is 3.25 bits per heavy atom. The Morgan fingerprint density at radius 2 is 2.67 bits per heavy atom. The lowest BCUT2D eigenvalue weighted by atomic mass is 10.2. The predicted octanol–water partition coefficient (Wildman–Crippen LogP) is 2.91. The van der Waals surface area contributed by atoms with Gasteiger partial charge < -0.3 is 5.32 Å². The summed E-state index contributed by atoms with van der Waals surface area (Å²) < 4.78 is 0. The van der Waals surface area contributed by atoms with Gasteiger partial charge in [0.15, 0.2) is 5.13 Å². The number of thiazole rings is 1. The lowest BCUT2D eigenvalue weighted by Crippen LogP contribution is -2.14. The summed E-state index contributed by atoms with van der Waals surface area (Å²) in [6, 6.07) is 0.481. The first-order chi connectivity index (χ1) is 5.83. The van der Waals surface area contributed by atoms with Crippen molar-refractivity contribution in [1.82, 2.24) is 4.98 Å². The van der Waals surface area contributed by atoms with Crippen LogP contribution < -0.4 is 5.32 Å². The van der Waals surface area contributed by atoms with Gasteiger partial charge in [-0.3, -0.25) is 0 Å². The molecule has 1 N–H and O–H groups in total. The van der Waals surface area contributed by atoms with Crippen molar-refractivity contribution < 1.29 is 0 Å². The van der Waals surface area contributed by atoms with Crippen LogP contribution in [0, 0.1) is 0 Å². The summed E-state index contributed by atoms with van der Waals surface area (Å²) in [5.41, 5.74) is 0. The maximum atomic E-state index is 4.15. The maximum Gasteiger partial charge on any atom is 0.182 e. The third-order valence-electron chi connectivity index (χ3n) is 1.61. The molecule has 12 heavy (non-hydrogen) atoms. The molecule has 0 spiro atoms. The third-order valence-corrected chi connectivity index (χ3v) is 2.31.